The topological polar surface area (TPSA) is 107 Å². The van der Waals surface area contributed by atoms with Crippen molar-refractivity contribution < 1.29 is 29.6 Å². The molecular formula is C6H14BrN6Na. The van der Waals surface area contributed by atoms with E-state index in [2.05, 4.69) is 32.9 Å². The second-order valence-electron chi connectivity index (χ2n) is 1.73. The largest absolute Gasteiger partial charge is 1.00 e. The first-order valence-corrected chi connectivity index (χ1v) is 4.92. The van der Waals surface area contributed by atoms with Gasteiger partial charge in [-0.1, -0.05) is 41.3 Å². The van der Waals surface area contributed by atoms with Crippen LogP contribution in [0.1, 0.15) is 26.7 Å². The van der Waals surface area contributed by atoms with Gasteiger partial charge in [-0.25, -0.2) is 0 Å². The Bertz CT molecular complexity index is 150. The van der Waals surface area contributed by atoms with Crippen LogP contribution in [0.15, 0.2) is 5.11 Å². The van der Waals surface area contributed by atoms with E-state index in [1.807, 2.05) is 6.92 Å². The second kappa shape index (κ2) is 38.0. The Labute approximate surface area is 115 Å². The molecule has 0 aliphatic rings. The molecule has 0 atom stereocenters. The molecule has 0 spiro atoms. The molecule has 0 amide bonds. The van der Waals surface area contributed by atoms with Crippen LogP contribution in [0.2, 0.25) is 0 Å². The fourth-order valence-corrected chi connectivity index (χ4v) is 0.145. The first kappa shape index (κ1) is 23.7. The number of halogens is 1. The van der Waals surface area contributed by atoms with E-state index in [-0.39, 0.29) is 29.6 Å². The van der Waals surface area contributed by atoms with Crippen molar-refractivity contribution in [3.8, 4) is 0 Å². The number of azide groups is 1. The molecule has 6 nitrogen and oxygen atoms in total. The molecular weight excluding hydrogens is 259 g/mol. The molecule has 0 rings (SSSR count). The van der Waals surface area contributed by atoms with Crippen molar-refractivity contribution in [2.45, 2.75) is 26.7 Å². The van der Waals surface area contributed by atoms with Crippen molar-refractivity contribution in [3.63, 3.8) is 0 Å². The summed E-state index contributed by atoms with van der Waals surface area (Å²) in [4.78, 5) is 4.05. The average molecular weight is 273 g/mol. The standard InChI is InChI=1S/C3H7Br.C3H7N3.N3.Na/c1-2-3-4;1-2-3-5-6-4;1-3-2;/h2-3H2,1H3;2-3H2,1H3;;/q;;-1;+1. The summed E-state index contributed by atoms with van der Waals surface area (Å²) in [5.41, 5.74) is 21.2. The van der Waals surface area contributed by atoms with E-state index < -0.39 is 0 Å². The molecule has 14 heavy (non-hydrogen) atoms. The van der Waals surface area contributed by atoms with Crippen LogP contribution >= 0.6 is 15.9 Å². The molecule has 0 radical (unpaired) electrons. The van der Waals surface area contributed by atoms with Gasteiger partial charge in [0.15, 0.2) is 0 Å². The summed E-state index contributed by atoms with van der Waals surface area (Å²) in [5, 5.41) is 4.40. The summed E-state index contributed by atoms with van der Waals surface area (Å²) in [6, 6.07) is 0. The zero-order valence-corrected chi connectivity index (χ0v) is 12.5. The molecule has 0 saturated heterocycles. The van der Waals surface area contributed by atoms with E-state index in [4.69, 9.17) is 16.6 Å². The average Bonchev–Trinajstić information content (AvgIpc) is 2.16. The molecule has 0 unspecified atom stereocenters. The zero-order chi connectivity index (χ0) is 10.9. The first-order valence-electron chi connectivity index (χ1n) is 3.80. The third kappa shape index (κ3) is 88.7. The Morgan fingerprint density at radius 2 is 1.50 bits per heavy atom. The van der Waals surface area contributed by atoms with Gasteiger partial charge >= 0.3 is 29.6 Å². The van der Waals surface area contributed by atoms with Gasteiger partial charge in [0.25, 0.3) is 0 Å². The Morgan fingerprint density at radius 1 is 1.14 bits per heavy atom. The summed E-state index contributed by atoms with van der Waals surface area (Å²) in [6.07, 6.45) is 2.17. The summed E-state index contributed by atoms with van der Waals surface area (Å²) in [7, 11) is 0. The fraction of sp³-hybridized carbons (Fsp3) is 1.00. The monoisotopic (exact) mass is 272 g/mol. The SMILES string of the molecule is CCCBr.CCCN=[N+]=[N-].[N-]=[N+]=[N-].[Na+]. The van der Waals surface area contributed by atoms with Crippen LogP contribution in [-0.2, 0) is 0 Å². The Balaban J connectivity index is -0.0000000553. The van der Waals surface area contributed by atoms with Gasteiger partial charge in [0.2, 0.25) is 0 Å². The molecule has 8 heteroatoms. The molecule has 0 aromatic carbocycles. The van der Waals surface area contributed by atoms with E-state index >= 15 is 0 Å². The van der Waals surface area contributed by atoms with E-state index in [1.54, 1.807) is 0 Å². The number of alkyl halides is 1. The number of nitrogens with zero attached hydrogens (tertiary/aromatic N) is 6. The van der Waals surface area contributed by atoms with Crippen LogP contribution in [0.3, 0.4) is 0 Å². The molecule has 0 bridgehead atoms. The fourth-order valence-electron chi connectivity index (χ4n) is 0.145. The van der Waals surface area contributed by atoms with Gasteiger partial charge in [-0.15, -0.1) is 0 Å². The maximum Gasteiger partial charge on any atom is 1.00 e. The summed E-state index contributed by atoms with van der Waals surface area (Å²) in [5.74, 6) is 0. The Kier molecular flexibility index (Phi) is 64.5. The molecule has 0 aromatic rings. The van der Waals surface area contributed by atoms with Gasteiger partial charge in [0.1, 0.15) is 0 Å². The smallest absolute Gasteiger partial charge is 0.373 e. The van der Waals surface area contributed by atoms with E-state index in [0.29, 0.717) is 6.54 Å². The number of hydrogen-bond acceptors (Lipinski definition) is 1. The summed E-state index contributed by atoms with van der Waals surface area (Å²) < 4.78 is 0. The minimum absolute atomic E-state index is 0. The molecule has 0 saturated carbocycles. The molecule has 76 valence electrons. The number of rotatable bonds is 3. The van der Waals surface area contributed by atoms with Gasteiger partial charge in [-0.3, -0.25) is 4.91 Å². The van der Waals surface area contributed by atoms with Crippen molar-refractivity contribution >= 4 is 15.9 Å². The maximum absolute atomic E-state index is 7.66. The third-order valence-corrected chi connectivity index (χ3v) is 1.37. The van der Waals surface area contributed by atoms with Gasteiger partial charge in [-0.05, 0) is 12.0 Å². The molecule has 0 aliphatic carbocycles. The van der Waals surface area contributed by atoms with Crippen LogP contribution in [0, 0.1) is 0 Å². The minimum Gasteiger partial charge on any atom is -0.373 e. The van der Waals surface area contributed by atoms with Crippen molar-refractivity contribution in [3.05, 3.63) is 26.4 Å². The molecule has 0 heterocycles. The Hall–Kier alpha value is 0.100. The van der Waals surface area contributed by atoms with Crippen molar-refractivity contribution in [1.29, 1.82) is 0 Å². The third-order valence-electron chi connectivity index (χ3n) is 0.576. The first-order chi connectivity index (χ1) is 6.24. The van der Waals surface area contributed by atoms with Crippen LogP contribution in [0.5, 0.6) is 0 Å². The van der Waals surface area contributed by atoms with Gasteiger partial charge in [0, 0.05) is 16.8 Å². The normalized spacial score (nSPS) is 5.64. The predicted molar refractivity (Wildman–Crippen MR) is 58.5 cm³/mol. The van der Waals surface area contributed by atoms with Gasteiger partial charge in [0.05, 0.1) is 0 Å². The predicted octanol–water partition coefficient (Wildman–Crippen LogP) is 1.37. The van der Waals surface area contributed by atoms with Crippen molar-refractivity contribution in [1.82, 2.24) is 0 Å². The second-order valence-corrected chi connectivity index (χ2v) is 2.53. The molecule has 0 N–H and O–H groups in total. The molecule has 0 aliphatic heterocycles. The van der Waals surface area contributed by atoms with Crippen LogP contribution in [0.25, 0.3) is 26.4 Å². The van der Waals surface area contributed by atoms with E-state index in [9.17, 15) is 0 Å². The van der Waals surface area contributed by atoms with Crippen molar-refractivity contribution in [2.24, 2.45) is 5.11 Å². The van der Waals surface area contributed by atoms with E-state index in [1.165, 1.54) is 11.3 Å². The Morgan fingerprint density at radius 3 is 1.57 bits per heavy atom. The van der Waals surface area contributed by atoms with Crippen LogP contribution in [-0.4, -0.2) is 11.9 Å². The minimum atomic E-state index is 0. The van der Waals surface area contributed by atoms with Gasteiger partial charge < -0.3 is 11.1 Å². The van der Waals surface area contributed by atoms with Crippen LogP contribution < -0.4 is 29.6 Å². The maximum atomic E-state index is 7.66. The summed E-state index contributed by atoms with van der Waals surface area (Å²) >= 11 is 3.25. The molecule has 0 aromatic heterocycles. The summed E-state index contributed by atoms with van der Waals surface area (Å²) in [6.45, 7) is 4.72. The van der Waals surface area contributed by atoms with Crippen LogP contribution in [0.4, 0.5) is 0 Å². The molecule has 0 fully saturated rings. The zero-order valence-electron chi connectivity index (χ0n) is 8.89. The quantitative estimate of drug-likeness (QED) is 0.243. The van der Waals surface area contributed by atoms with Gasteiger partial charge in [-0.2, -0.15) is 0 Å². The number of hydrogen-bond donors (Lipinski definition) is 0. The van der Waals surface area contributed by atoms with Crippen molar-refractivity contribution in [2.75, 3.05) is 11.9 Å². The van der Waals surface area contributed by atoms with E-state index in [0.717, 1.165) is 11.8 Å².